The molecule has 0 bridgehead atoms. The molecule has 0 saturated carbocycles. The van der Waals surface area contributed by atoms with Gasteiger partial charge in [-0.2, -0.15) is 0 Å². The van der Waals surface area contributed by atoms with Crippen LogP contribution < -0.4 is 9.44 Å². The van der Waals surface area contributed by atoms with Crippen LogP contribution in [0, 0.1) is 0 Å². The molecule has 0 aliphatic heterocycles. The third kappa shape index (κ3) is 4.98. The summed E-state index contributed by atoms with van der Waals surface area (Å²) in [6.07, 6.45) is 0. The Kier molecular flexibility index (Phi) is 5.31. The standard InChI is InChI=1S/C14H11Cl2N3O4S3/c15-9-2-1-3-11(6-9)18-25(20,21)8-26(22,23)19-14-17-12-5-4-10(16)7-13(12)24-14/h1-7,18H,8H2,(H,17,19). The van der Waals surface area contributed by atoms with Gasteiger partial charge in [0.25, 0.3) is 10.0 Å². The topological polar surface area (TPSA) is 105 Å². The van der Waals surface area contributed by atoms with E-state index in [1.165, 1.54) is 12.1 Å². The minimum absolute atomic E-state index is 0.0558. The van der Waals surface area contributed by atoms with Crippen molar-refractivity contribution in [3.63, 3.8) is 0 Å². The van der Waals surface area contributed by atoms with Gasteiger partial charge >= 0.3 is 0 Å². The van der Waals surface area contributed by atoms with Crippen molar-refractivity contribution in [2.24, 2.45) is 0 Å². The lowest BCUT2D eigenvalue weighted by Gasteiger charge is -2.09. The Morgan fingerprint density at radius 3 is 2.35 bits per heavy atom. The molecule has 2 N–H and O–H groups in total. The number of thiazole rings is 1. The fourth-order valence-corrected chi connectivity index (χ4v) is 6.70. The first-order valence-corrected chi connectivity index (χ1v) is 11.8. The summed E-state index contributed by atoms with van der Waals surface area (Å²) in [6, 6.07) is 10.8. The first-order chi connectivity index (χ1) is 12.1. The van der Waals surface area contributed by atoms with Crippen LogP contribution in [-0.2, 0) is 20.0 Å². The summed E-state index contributed by atoms with van der Waals surface area (Å²) in [4.78, 5) is 4.10. The van der Waals surface area contributed by atoms with Crippen molar-refractivity contribution in [2.75, 3.05) is 14.5 Å². The molecule has 0 amide bonds. The van der Waals surface area contributed by atoms with Crippen LogP contribution >= 0.6 is 34.5 Å². The molecule has 3 aromatic rings. The van der Waals surface area contributed by atoms with Gasteiger partial charge in [0.15, 0.2) is 10.2 Å². The average Bonchev–Trinajstić information content (AvgIpc) is 2.85. The molecule has 12 heteroatoms. The van der Waals surface area contributed by atoms with Crippen molar-refractivity contribution in [3.05, 3.63) is 52.5 Å². The molecule has 0 atom stereocenters. The van der Waals surface area contributed by atoms with Crippen LogP contribution in [0.5, 0.6) is 0 Å². The molecule has 0 spiro atoms. The number of benzene rings is 2. The van der Waals surface area contributed by atoms with E-state index in [-0.39, 0.29) is 10.8 Å². The van der Waals surface area contributed by atoms with Crippen LogP contribution in [0.1, 0.15) is 0 Å². The minimum Gasteiger partial charge on any atom is -0.283 e. The SMILES string of the molecule is O=S(=O)(CS(=O)(=O)Nc1nc2ccc(Cl)cc2s1)Nc1cccc(Cl)c1. The summed E-state index contributed by atoms with van der Waals surface area (Å²) in [7, 11) is -8.37. The molecule has 0 radical (unpaired) electrons. The van der Waals surface area contributed by atoms with E-state index in [0.29, 0.717) is 20.3 Å². The number of sulfonamides is 2. The van der Waals surface area contributed by atoms with Crippen LogP contribution in [0.25, 0.3) is 10.2 Å². The highest BCUT2D eigenvalue weighted by molar-refractivity contribution is 8.09. The van der Waals surface area contributed by atoms with Crippen molar-refractivity contribution in [1.82, 2.24) is 4.98 Å². The summed E-state index contributed by atoms with van der Waals surface area (Å²) in [5.74, 6) is 0. The molecular weight excluding hydrogens is 441 g/mol. The molecule has 2 aromatic carbocycles. The summed E-state index contributed by atoms with van der Waals surface area (Å²) in [5, 5.41) is -0.299. The maximum absolute atomic E-state index is 12.2. The van der Waals surface area contributed by atoms with Gasteiger partial charge in [0.2, 0.25) is 10.0 Å². The molecule has 0 aliphatic rings. The first-order valence-electron chi connectivity index (χ1n) is 6.95. The number of hydrogen-bond donors (Lipinski definition) is 2. The molecule has 1 aromatic heterocycles. The van der Waals surface area contributed by atoms with Gasteiger partial charge in [-0.3, -0.25) is 9.44 Å². The summed E-state index contributed by atoms with van der Waals surface area (Å²) in [5.41, 5.74) is 0.722. The van der Waals surface area contributed by atoms with Gasteiger partial charge in [-0.15, -0.1) is 0 Å². The smallest absolute Gasteiger partial charge is 0.250 e. The zero-order valence-electron chi connectivity index (χ0n) is 12.8. The molecule has 0 saturated heterocycles. The molecule has 26 heavy (non-hydrogen) atoms. The van der Waals surface area contributed by atoms with E-state index >= 15 is 0 Å². The van der Waals surface area contributed by atoms with Gasteiger partial charge in [0, 0.05) is 15.7 Å². The maximum atomic E-state index is 12.2. The number of fused-ring (bicyclic) bond motifs is 1. The number of anilines is 2. The quantitative estimate of drug-likeness (QED) is 0.593. The van der Waals surface area contributed by atoms with E-state index in [4.69, 9.17) is 23.2 Å². The molecule has 138 valence electrons. The van der Waals surface area contributed by atoms with E-state index in [1.54, 1.807) is 30.3 Å². The van der Waals surface area contributed by atoms with Crippen LogP contribution in [0.3, 0.4) is 0 Å². The monoisotopic (exact) mass is 451 g/mol. The second-order valence-electron chi connectivity index (χ2n) is 5.19. The van der Waals surface area contributed by atoms with Gasteiger partial charge in [0.1, 0.15) is 0 Å². The molecular formula is C14H11Cl2N3O4S3. The van der Waals surface area contributed by atoms with Crippen molar-refractivity contribution >= 4 is 75.6 Å². The Balaban J connectivity index is 1.76. The number of nitrogens with one attached hydrogen (secondary N) is 2. The predicted octanol–water partition coefficient (Wildman–Crippen LogP) is 3.74. The van der Waals surface area contributed by atoms with Gasteiger partial charge in [0.05, 0.1) is 10.2 Å². The predicted molar refractivity (Wildman–Crippen MR) is 106 cm³/mol. The zero-order valence-corrected chi connectivity index (χ0v) is 16.8. The normalized spacial score (nSPS) is 12.2. The van der Waals surface area contributed by atoms with E-state index in [2.05, 4.69) is 14.4 Å². The Bertz CT molecular complexity index is 1180. The summed E-state index contributed by atoms with van der Waals surface area (Å²) < 4.78 is 53.7. The van der Waals surface area contributed by atoms with Crippen molar-refractivity contribution < 1.29 is 16.8 Å². The van der Waals surface area contributed by atoms with Crippen LogP contribution in [-0.4, -0.2) is 26.9 Å². The fourth-order valence-electron chi connectivity index (χ4n) is 2.07. The number of halogens is 2. The van der Waals surface area contributed by atoms with E-state index in [0.717, 1.165) is 11.3 Å². The highest BCUT2D eigenvalue weighted by Gasteiger charge is 2.23. The lowest BCUT2D eigenvalue weighted by molar-refractivity contribution is 0.594. The zero-order chi connectivity index (χ0) is 18.9. The van der Waals surface area contributed by atoms with E-state index in [1.807, 2.05) is 0 Å². The molecule has 0 unspecified atom stereocenters. The van der Waals surface area contributed by atoms with Crippen LogP contribution in [0.15, 0.2) is 42.5 Å². The van der Waals surface area contributed by atoms with Gasteiger partial charge in [-0.25, -0.2) is 21.8 Å². The Morgan fingerprint density at radius 2 is 1.62 bits per heavy atom. The fraction of sp³-hybridized carbons (Fsp3) is 0.0714. The van der Waals surface area contributed by atoms with Crippen LogP contribution in [0.2, 0.25) is 10.0 Å². The average molecular weight is 452 g/mol. The largest absolute Gasteiger partial charge is 0.283 e. The van der Waals surface area contributed by atoms with Crippen molar-refractivity contribution in [2.45, 2.75) is 0 Å². The lowest BCUT2D eigenvalue weighted by Crippen LogP contribution is -2.27. The first kappa shape index (κ1) is 19.2. The second-order valence-corrected chi connectivity index (χ2v) is 10.9. The summed E-state index contributed by atoms with van der Waals surface area (Å²) >= 11 is 12.7. The Morgan fingerprint density at radius 1 is 0.923 bits per heavy atom. The van der Waals surface area contributed by atoms with Crippen LogP contribution in [0.4, 0.5) is 10.8 Å². The highest BCUT2D eigenvalue weighted by atomic mass is 35.5. The Labute approximate surface area is 164 Å². The highest BCUT2D eigenvalue weighted by Crippen LogP contribution is 2.29. The molecule has 0 aliphatic carbocycles. The molecule has 0 fully saturated rings. The Hall–Kier alpha value is -1.59. The van der Waals surface area contributed by atoms with Crippen molar-refractivity contribution in [1.29, 1.82) is 0 Å². The van der Waals surface area contributed by atoms with Crippen molar-refractivity contribution in [3.8, 4) is 0 Å². The maximum Gasteiger partial charge on any atom is 0.250 e. The van der Waals surface area contributed by atoms with E-state index in [9.17, 15) is 16.8 Å². The van der Waals surface area contributed by atoms with Gasteiger partial charge in [-0.1, -0.05) is 40.6 Å². The number of hydrogen-bond acceptors (Lipinski definition) is 6. The number of rotatable bonds is 6. The number of aromatic nitrogens is 1. The number of nitrogens with zero attached hydrogens (tertiary/aromatic N) is 1. The van der Waals surface area contributed by atoms with Gasteiger partial charge in [-0.05, 0) is 36.4 Å². The minimum atomic E-state index is -4.20. The third-order valence-electron chi connectivity index (χ3n) is 3.00. The van der Waals surface area contributed by atoms with E-state index < -0.39 is 25.1 Å². The lowest BCUT2D eigenvalue weighted by atomic mass is 10.3. The second kappa shape index (κ2) is 7.20. The molecule has 7 nitrogen and oxygen atoms in total. The van der Waals surface area contributed by atoms with Gasteiger partial charge < -0.3 is 0 Å². The molecule has 1 heterocycles. The third-order valence-corrected chi connectivity index (χ3v) is 8.07. The molecule has 3 rings (SSSR count). The summed E-state index contributed by atoms with van der Waals surface area (Å²) in [6.45, 7) is 0.